The minimum atomic E-state index is -0.987. The van der Waals surface area contributed by atoms with Crippen molar-refractivity contribution in [2.75, 3.05) is 0 Å². The van der Waals surface area contributed by atoms with Crippen molar-refractivity contribution in [3.8, 4) is 0 Å². The number of hydrogen-bond acceptors (Lipinski definition) is 4. The van der Waals surface area contributed by atoms with E-state index in [1.165, 1.54) is 12.1 Å². The molecule has 0 spiro atoms. The Morgan fingerprint density at radius 2 is 1.71 bits per heavy atom. The average Bonchev–Trinajstić information content (AvgIpc) is 2.46. The van der Waals surface area contributed by atoms with E-state index in [1.807, 2.05) is 0 Å². The van der Waals surface area contributed by atoms with Crippen molar-refractivity contribution < 1.29 is 14.2 Å². The first kappa shape index (κ1) is 14.3. The van der Waals surface area contributed by atoms with Crippen molar-refractivity contribution in [2.24, 2.45) is 0 Å². The molecule has 2 aromatic carbocycles. The van der Waals surface area contributed by atoms with Gasteiger partial charge in [0.2, 0.25) is 5.82 Å². The third-order valence-corrected chi connectivity index (χ3v) is 2.74. The van der Waals surface area contributed by atoms with Gasteiger partial charge in [-0.15, -0.1) is 0 Å². The van der Waals surface area contributed by atoms with Crippen molar-refractivity contribution >= 4 is 17.5 Å². The second-order valence-electron chi connectivity index (χ2n) is 4.12. The van der Waals surface area contributed by atoms with Gasteiger partial charge in [0.1, 0.15) is 0 Å². The lowest BCUT2D eigenvalue weighted by Crippen LogP contribution is -1.98. The predicted molar refractivity (Wildman–Crippen MR) is 74.4 cm³/mol. The third kappa shape index (κ3) is 3.27. The topological polar surface area (TPSA) is 86.3 Å². The third-order valence-electron chi connectivity index (χ3n) is 2.74. The van der Waals surface area contributed by atoms with E-state index in [0.717, 1.165) is 12.1 Å². The highest BCUT2D eigenvalue weighted by atomic mass is 19.1. The molecule has 0 saturated heterocycles. The fraction of sp³-hybridized carbons (Fsp3) is 0. The Balaban J connectivity index is 2.52. The fourth-order valence-corrected chi connectivity index (χ4v) is 1.77. The summed E-state index contributed by atoms with van der Waals surface area (Å²) >= 11 is 0. The molecule has 0 N–H and O–H groups in total. The lowest BCUT2D eigenvalue weighted by Gasteiger charge is -2.00. The molecule has 2 aromatic rings. The van der Waals surface area contributed by atoms with Crippen LogP contribution in [0.25, 0.3) is 11.8 Å². The summed E-state index contributed by atoms with van der Waals surface area (Å²) < 4.78 is 13.2. The van der Waals surface area contributed by atoms with Crippen molar-refractivity contribution in [3.05, 3.63) is 85.7 Å². The molecule has 0 aromatic heterocycles. The number of nitro benzene ring substituents is 1. The summed E-state index contributed by atoms with van der Waals surface area (Å²) in [4.78, 5) is 20.3. The molecule has 21 heavy (non-hydrogen) atoms. The summed E-state index contributed by atoms with van der Waals surface area (Å²) in [5.74, 6) is -0.987. The van der Waals surface area contributed by atoms with Crippen LogP contribution in [0.15, 0.2) is 48.5 Å². The van der Waals surface area contributed by atoms with Crippen LogP contribution in [0.4, 0.5) is 10.1 Å². The van der Waals surface area contributed by atoms with Crippen molar-refractivity contribution in [2.45, 2.75) is 0 Å². The molecule has 0 aliphatic rings. The molecule has 0 bridgehead atoms. The number of hydrogen-bond donors (Lipinski definition) is 0. The van der Waals surface area contributed by atoms with Crippen LogP contribution >= 0.6 is 0 Å². The Labute approximate surface area is 118 Å². The van der Waals surface area contributed by atoms with Crippen LogP contribution in [0.3, 0.4) is 0 Å². The molecule has 7 heteroatoms. The zero-order chi connectivity index (χ0) is 15.4. The normalized spacial score (nSPS) is 11.2. The number of nitrogens with zero attached hydrogens (tertiary/aromatic N) is 2. The maximum Gasteiger partial charge on any atom is 0.305 e. The molecule has 0 amide bonds. The van der Waals surface area contributed by atoms with Gasteiger partial charge in [0.15, 0.2) is 0 Å². The monoisotopic (exact) mass is 288 g/mol. The Kier molecular flexibility index (Phi) is 4.03. The molecular formula is C14H9FN2O4. The van der Waals surface area contributed by atoms with Gasteiger partial charge in [-0.2, -0.15) is 4.39 Å². The van der Waals surface area contributed by atoms with Crippen LogP contribution in [0.1, 0.15) is 11.1 Å². The maximum atomic E-state index is 13.2. The highest BCUT2D eigenvalue weighted by molar-refractivity contribution is 5.77. The summed E-state index contributed by atoms with van der Waals surface area (Å²) in [6, 6.07) is 11.2. The lowest BCUT2D eigenvalue weighted by molar-refractivity contribution is -0.387. The smallest absolute Gasteiger partial charge is 0.258 e. The first-order chi connectivity index (χ1) is 9.99. The van der Waals surface area contributed by atoms with E-state index in [-0.39, 0.29) is 11.3 Å². The van der Waals surface area contributed by atoms with Gasteiger partial charge in [-0.3, -0.25) is 20.2 Å². The molecule has 106 valence electrons. The van der Waals surface area contributed by atoms with E-state index in [0.29, 0.717) is 5.56 Å². The summed E-state index contributed by atoms with van der Waals surface area (Å²) in [7, 11) is 0. The van der Waals surface area contributed by atoms with E-state index in [4.69, 9.17) is 0 Å². The van der Waals surface area contributed by atoms with Crippen molar-refractivity contribution in [3.63, 3.8) is 0 Å². The van der Waals surface area contributed by atoms with Crippen LogP contribution in [0, 0.1) is 26.0 Å². The highest BCUT2D eigenvalue weighted by Crippen LogP contribution is 2.23. The summed E-state index contributed by atoms with van der Waals surface area (Å²) in [6.45, 7) is 0. The van der Waals surface area contributed by atoms with Crippen LogP contribution in [-0.2, 0) is 0 Å². The molecule has 2 rings (SSSR count). The summed E-state index contributed by atoms with van der Waals surface area (Å²) in [5, 5.41) is 21.8. The van der Waals surface area contributed by atoms with Crippen LogP contribution < -0.4 is 0 Å². The van der Waals surface area contributed by atoms with E-state index in [9.17, 15) is 24.6 Å². The summed E-state index contributed by atoms with van der Waals surface area (Å²) in [5.41, 5.74) is -0.413. The van der Waals surface area contributed by atoms with Crippen molar-refractivity contribution in [1.29, 1.82) is 0 Å². The second kappa shape index (κ2) is 5.91. The standard InChI is InChI=1S/C14H9FN2O4/c15-12-7-6-10(9-14(12)17(20)21)8-13(16(18)19)11-4-2-1-3-5-11/h1-9H/b13-8+. The Hall–Kier alpha value is -3.09. The summed E-state index contributed by atoms with van der Waals surface area (Å²) in [6.07, 6.45) is 1.17. The minimum Gasteiger partial charge on any atom is -0.258 e. The number of nitro groups is 2. The SMILES string of the molecule is O=[N+]([O-])/C(=C/c1ccc(F)c([N+](=O)[O-])c1)c1ccccc1. The molecule has 0 radical (unpaired) electrons. The zero-order valence-electron chi connectivity index (χ0n) is 10.6. The molecule has 0 unspecified atom stereocenters. The second-order valence-corrected chi connectivity index (χ2v) is 4.12. The van der Waals surface area contributed by atoms with Gasteiger partial charge < -0.3 is 0 Å². The van der Waals surface area contributed by atoms with Gasteiger partial charge in [0.05, 0.1) is 15.4 Å². The molecule has 0 aliphatic heterocycles. The Morgan fingerprint density at radius 1 is 1.05 bits per heavy atom. The Morgan fingerprint density at radius 3 is 2.29 bits per heavy atom. The molecule has 0 fully saturated rings. The van der Waals surface area contributed by atoms with Crippen LogP contribution in [0.2, 0.25) is 0 Å². The van der Waals surface area contributed by atoms with E-state index in [2.05, 4.69) is 0 Å². The van der Waals surface area contributed by atoms with Gasteiger partial charge in [0, 0.05) is 12.1 Å². The molecule has 6 nitrogen and oxygen atoms in total. The molecule has 0 saturated carbocycles. The first-order valence-corrected chi connectivity index (χ1v) is 5.84. The van der Waals surface area contributed by atoms with E-state index in [1.54, 1.807) is 30.3 Å². The molecule has 0 heterocycles. The van der Waals surface area contributed by atoms with Gasteiger partial charge in [-0.05, 0) is 23.8 Å². The quantitative estimate of drug-likeness (QED) is 0.489. The van der Waals surface area contributed by atoms with Gasteiger partial charge in [-0.1, -0.05) is 24.3 Å². The lowest BCUT2D eigenvalue weighted by atomic mass is 10.1. The highest BCUT2D eigenvalue weighted by Gasteiger charge is 2.17. The van der Waals surface area contributed by atoms with Crippen molar-refractivity contribution in [1.82, 2.24) is 0 Å². The van der Waals surface area contributed by atoms with Gasteiger partial charge in [0.25, 0.3) is 5.70 Å². The van der Waals surface area contributed by atoms with Gasteiger partial charge >= 0.3 is 5.69 Å². The molecular weight excluding hydrogens is 279 g/mol. The first-order valence-electron chi connectivity index (χ1n) is 5.84. The largest absolute Gasteiger partial charge is 0.305 e. The van der Waals surface area contributed by atoms with Crippen LogP contribution in [0.5, 0.6) is 0 Å². The zero-order valence-corrected chi connectivity index (χ0v) is 10.6. The average molecular weight is 288 g/mol. The Bertz CT molecular complexity index is 729. The fourth-order valence-electron chi connectivity index (χ4n) is 1.77. The molecule has 0 atom stereocenters. The minimum absolute atomic E-state index is 0.179. The van der Waals surface area contributed by atoms with Crippen LogP contribution in [-0.4, -0.2) is 9.85 Å². The van der Waals surface area contributed by atoms with E-state index < -0.39 is 21.4 Å². The van der Waals surface area contributed by atoms with Gasteiger partial charge in [-0.25, -0.2) is 0 Å². The number of benzene rings is 2. The number of halogens is 1. The predicted octanol–water partition coefficient (Wildman–Crippen LogP) is 3.51. The molecule has 0 aliphatic carbocycles. The van der Waals surface area contributed by atoms with E-state index >= 15 is 0 Å². The number of rotatable bonds is 4. The maximum absolute atomic E-state index is 13.2.